The molecule has 0 saturated carbocycles. The SMILES string of the molecule is O=C(O)CSCC(=O)N1CCN(C2c3ccccc3-c3ccccc32)CC1. The molecule has 140 valence electrons. The average Bonchev–Trinajstić information content (AvgIpc) is 3.02. The summed E-state index contributed by atoms with van der Waals surface area (Å²) in [6, 6.07) is 17.4. The molecule has 1 aliphatic carbocycles. The summed E-state index contributed by atoms with van der Waals surface area (Å²) < 4.78 is 0. The lowest BCUT2D eigenvalue weighted by Gasteiger charge is -2.38. The molecule has 0 unspecified atom stereocenters. The molecule has 1 saturated heterocycles. The fourth-order valence-corrected chi connectivity index (χ4v) is 4.70. The summed E-state index contributed by atoms with van der Waals surface area (Å²) in [5.41, 5.74) is 5.30. The summed E-state index contributed by atoms with van der Waals surface area (Å²) in [6.45, 7) is 3.02. The maximum absolute atomic E-state index is 12.3. The van der Waals surface area contributed by atoms with E-state index in [9.17, 15) is 9.59 Å². The van der Waals surface area contributed by atoms with E-state index in [1.807, 2.05) is 4.90 Å². The molecule has 2 aliphatic rings. The Hall–Kier alpha value is -2.31. The lowest BCUT2D eigenvalue weighted by atomic mass is 10.0. The van der Waals surface area contributed by atoms with Crippen molar-refractivity contribution in [2.45, 2.75) is 6.04 Å². The van der Waals surface area contributed by atoms with Gasteiger partial charge in [-0.25, -0.2) is 0 Å². The van der Waals surface area contributed by atoms with Gasteiger partial charge in [0.25, 0.3) is 0 Å². The number of nitrogens with zero attached hydrogens (tertiary/aromatic N) is 2. The number of rotatable bonds is 5. The number of fused-ring (bicyclic) bond motifs is 3. The molecule has 0 atom stereocenters. The Labute approximate surface area is 163 Å². The Balaban J connectivity index is 1.44. The number of aliphatic carboxylic acids is 1. The Morgan fingerprint density at radius 3 is 2.00 bits per heavy atom. The van der Waals surface area contributed by atoms with Gasteiger partial charge in [0.1, 0.15) is 0 Å². The van der Waals surface area contributed by atoms with Gasteiger partial charge < -0.3 is 10.0 Å². The molecule has 4 rings (SSSR count). The number of carboxylic acids is 1. The van der Waals surface area contributed by atoms with Crippen molar-refractivity contribution >= 4 is 23.6 Å². The van der Waals surface area contributed by atoms with Crippen molar-refractivity contribution in [3.63, 3.8) is 0 Å². The highest BCUT2D eigenvalue weighted by atomic mass is 32.2. The van der Waals surface area contributed by atoms with Crippen LogP contribution in [-0.2, 0) is 9.59 Å². The molecule has 1 fully saturated rings. The molecule has 1 N–H and O–H groups in total. The van der Waals surface area contributed by atoms with E-state index in [0.717, 1.165) is 13.1 Å². The zero-order valence-electron chi connectivity index (χ0n) is 15.0. The number of amides is 1. The lowest BCUT2D eigenvalue weighted by molar-refractivity contribution is -0.133. The zero-order chi connectivity index (χ0) is 18.8. The predicted octanol–water partition coefficient (Wildman–Crippen LogP) is 2.72. The second-order valence-corrected chi connectivity index (χ2v) is 7.87. The van der Waals surface area contributed by atoms with Crippen LogP contribution in [-0.4, -0.2) is 64.5 Å². The third kappa shape index (κ3) is 3.59. The van der Waals surface area contributed by atoms with Gasteiger partial charge in [-0.05, 0) is 22.3 Å². The highest BCUT2D eigenvalue weighted by Crippen LogP contribution is 2.46. The van der Waals surface area contributed by atoms with Crippen LogP contribution in [0.4, 0.5) is 0 Å². The van der Waals surface area contributed by atoms with Crippen molar-refractivity contribution in [3.05, 3.63) is 59.7 Å². The van der Waals surface area contributed by atoms with E-state index in [1.165, 1.54) is 34.0 Å². The molecule has 5 nitrogen and oxygen atoms in total. The fourth-order valence-electron chi connectivity index (χ4n) is 4.07. The van der Waals surface area contributed by atoms with Gasteiger partial charge in [-0.2, -0.15) is 0 Å². The minimum absolute atomic E-state index is 0.0264. The lowest BCUT2D eigenvalue weighted by Crippen LogP contribution is -2.50. The van der Waals surface area contributed by atoms with Crippen LogP contribution in [0.2, 0.25) is 0 Å². The molecule has 1 amide bonds. The van der Waals surface area contributed by atoms with E-state index in [-0.39, 0.29) is 23.5 Å². The van der Waals surface area contributed by atoms with Gasteiger partial charge in [0.05, 0.1) is 17.5 Å². The van der Waals surface area contributed by atoms with Crippen molar-refractivity contribution in [1.29, 1.82) is 0 Å². The highest BCUT2D eigenvalue weighted by Gasteiger charge is 2.34. The van der Waals surface area contributed by atoms with E-state index < -0.39 is 5.97 Å². The molecule has 2 aromatic rings. The maximum Gasteiger partial charge on any atom is 0.313 e. The third-order valence-electron chi connectivity index (χ3n) is 5.28. The second kappa shape index (κ2) is 7.74. The summed E-state index contributed by atoms with van der Waals surface area (Å²) in [5, 5.41) is 8.70. The molecule has 2 aromatic carbocycles. The van der Waals surface area contributed by atoms with Crippen molar-refractivity contribution in [2.24, 2.45) is 0 Å². The monoisotopic (exact) mass is 382 g/mol. The van der Waals surface area contributed by atoms with Crippen LogP contribution in [0.15, 0.2) is 48.5 Å². The Kier molecular flexibility index (Phi) is 5.18. The second-order valence-electron chi connectivity index (χ2n) is 6.88. The first kappa shape index (κ1) is 18.1. The van der Waals surface area contributed by atoms with Crippen molar-refractivity contribution in [2.75, 3.05) is 37.7 Å². The number of hydrogen-bond acceptors (Lipinski definition) is 4. The Morgan fingerprint density at radius 2 is 1.44 bits per heavy atom. The quantitative estimate of drug-likeness (QED) is 0.862. The van der Waals surface area contributed by atoms with E-state index in [0.29, 0.717) is 13.1 Å². The molecule has 1 heterocycles. The van der Waals surface area contributed by atoms with Gasteiger partial charge in [0.15, 0.2) is 0 Å². The minimum Gasteiger partial charge on any atom is -0.481 e. The summed E-state index contributed by atoms with van der Waals surface area (Å²) >= 11 is 1.17. The van der Waals surface area contributed by atoms with Gasteiger partial charge in [0, 0.05) is 26.2 Å². The van der Waals surface area contributed by atoms with Gasteiger partial charge in [-0.3, -0.25) is 14.5 Å². The minimum atomic E-state index is -0.879. The first-order chi connectivity index (χ1) is 13.1. The molecule has 0 spiro atoms. The van der Waals surface area contributed by atoms with Crippen LogP contribution in [0, 0.1) is 0 Å². The number of thioether (sulfide) groups is 1. The smallest absolute Gasteiger partial charge is 0.313 e. The van der Waals surface area contributed by atoms with Gasteiger partial charge in [0.2, 0.25) is 5.91 Å². The molecular formula is C21H22N2O3S. The predicted molar refractivity (Wildman–Crippen MR) is 107 cm³/mol. The van der Waals surface area contributed by atoms with Crippen molar-refractivity contribution in [3.8, 4) is 11.1 Å². The Morgan fingerprint density at radius 1 is 0.889 bits per heavy atom. The number of hydrogen-bond donors (Lipinski definition) is 1. The van der Waals surface area contributed by atoms with Crippen LogP contribution in [0.5, 0.6) is 0 Å². The first-order valence-electron chi connectivity index (χ1n) is 9.15. The molecule has 0 radical (unpaired) electrons. The molecule has 1 aliphatic heterocycles. The fraction of sp³-hybridized carbons (Fsp3) is 0.333. The molecule has 0 aromatic heterocycles. The average molecular weight is 382 g/mol. The van der Waals surface area contributed by atoms with E-state index in [2.05, 4.69) is 53.4 Å². The summed E-state index contributed by atoms with van der Waals surface area (Å²) in [5.74, 6) is -0.632. The number of piperazine rings is 1. The van der Waals surface area contributed by atoms with Crippen molar-refractivity contribution in [1.82, 2.24) is 9.80 Å². The molecule has 0 bridgehead atoms. The number of carbonyl (C=O) groups is 2. The van der Waals surface area contributed by atoms with Crippen LogP contribution in [0.25, 0.3) is 11.1 Å². The van der Waals surface area contributed by atoms with Crippen molar-refractivity contribution < 1.29 is 14.7 Å². The normalized spacial score (nSPS) is 16.8. The van der Waals surface area contributed by atoms with Gasteiger partial charge in [-0.1, -0.05) is 48.5 Å². The molecule has 6 heteroatoms. The van der Waals surface area contributed by atoms with E-state index >= 15 is 0 Å². The third-order valence-corrected chi connectivity index (χ3v) is 6.19. The largest absolute Gasteiger partial charge is 0.481 e. The maximum atomic E-state index is 12.3. The van der Waals surface area contributed by atoms with Gasteiger partial charge >= 0.3 is 5.97 Å². The number of benzene rings is 2. The topological polar surface area (TPSA) is 60.9 Å². The number of carboxylic acid groups (broad SMARTS) is 1. The van der Waals surface area contributed by atoms with Crippen LogP contribution in [0.1, 0.15) is 17.2 Å². The summed E-state index contributed by atoms with van der Waals surface area (Å²) in [7, 11) is 0. The zero-order valence-corrected chi connectivity index (χ0v) is 15.8. The number of carbonyl (C=O) groups excluding carboxylic acids is 1. The van der Waals surface area contributed by atoms with Crippen LogP contribution < -0.4 is 0 Å². The van der Waals surface area contributed by atoms with E-state index in [4.69, 9.17) is 5.11 Å². The van der Waals surface area contributed by atoms with E-state index in [1.54, 1.807) is 0 Å². The summed E-state index contributed by atoms with van der Waals surface area (Å²) in [4.78, 5) is 27.2. The first-order valence-corrected chi connectivity index (χ1v) is 10.3. The standard InChI is InChI=1S/C21H22N2O3S/c24-19(13-27-14-20(25)26)22-9-11-23(12-10-22)21-17-7-3-1-5-15(17)16-6-2-4-8-18(16)21/h1-8,21H,9-14H2,(H,25,26). The summed E-state index contributed by atoms with van der Waals surface area (Å²) in [6.07, 6.45) is 0. The van der Waals surface area contributed by atoms with Crippen LogP contribution >= 0.6 is 11.8 Å². The van der Waals surface area contributed by atoms with Gasteiger partial charge in [-0.15, -0.1) is 11.8 Å². The Bertz CT molecular complexity index is 817. The molecule has 27 heavy (non-hydrogen) atoms. The van der Waals surface area contributed by atoms with Crippen LogP contribution in [0.3, 0.4) is 0 Å². The highest BCUT2D eigenvalue weighted by molar-refractivity contribution is 8.00. The molecular weight excluding hydrogens is 360 g/mol.